The molecule has 0 saturated heterocycles. The highest BCUT2D eigenvalue weighted by Crippen LogP contribution is 2.27. The zero-order chi connectivity index (χ0) is 15.6. The number of nitrogen functional groups attached to an aromatic ring is 1. The Morgan fingerprint density at radius 2 is 2.05 bits per heavy atom. The standard InChI is InChI=1S/C16H28N4O/c1-5-13-14(17)15(19(4)18-13)16(21)20(10-11(2)3)12-8-6-7-9-12/h11-12H,5-10,17H2,1-4H3. The highest BCUT2D eigenvalue weighted by atomic mass is 16.2. The molecule has 1 aromatic heterocycles. The fourth-order valence-corrected chi connectivity index (χ4v) is 3.25. The Balaban J connectivity index is 2.31. The fraction of sp³-hybridized carbons (Fsp3) is 0.750. The van der Waals surface area contributed by atoms with E-state index in [1.807, 2.05) is 18.9 Å². The van der Waals surface area contributed by atoms with Gasteiger partial charge in [0.15, 0.2) is 0 Å². The minimum Gasteiger partial charge on any atom is -0.395 e. The molecule has 2 N–H and O–H groups in total. The number of anilines is 1. The Morgan fingerprint density at radius 1 is 1.43 bits per heavy atom. The summed E-state index contributed by atoms with van der Waals surface area (Å²) in [6.07, 6.45) is 5.40. The Morgan fingerprint density at radius 3 is 2.52 bits per heavy atom. The van der Waals surface area contributed by atoms with Crippen LogP contribution in [0, 0.1) is 5.92 Å². The highest BCUT2D eigenvalue weighted by Gasteiger charge is 2.31. The quantitative estimate of drug-likeness (QED) is 0.907. The van der Waals surface area contributed by atoms with Crippen molar-refractivity contribution in [1.82, 2.24) is 14.7 Å². The van der Waals surface area contributed by atoms with E-state index in [1.54, 1.807) is 4.68 Å². The third-order valence-corrected chi connectivity index (χ3v) is 4.29. The third kappa shape index (κ3) is 3.22. The maximum atomic E-state index is 13.0. The summed E-state index contributed by atoms with van der Waals surface area (Å²) in [6.45, 7) is 7.10. The van der Waals surface area contributed by atoms with Gasteiger partial charge in [0.25, 0.3) is 5.91 Å². The van der Waals surface area contributed by atoms with Crippen molar-refractivity contribution in [2.45, 2.75) is 58.9 Å². The molecule has 5 nitrogen and oxygen atoms in total. The maximum absolute atomic E-state index is 13.0. The molecule has 0 atom stereocenters. The number of aryl methyl sites for hydroxylation is 2. The smallest absolute Gasteiger partial charge is 0.274 e. The summed E-state index contributed by atoms with van der Waals surface area (Å²) in [5, 5.41) is 4.38. The van der Waals surface area contributed by atoms with Crippen LogP contribution < -0.4 is 5.73 Å². The number of carbonyl (C=O) groups is 1. The predicted molar refractivity (Wildman–Crippen MR) is 85.1 cm³/mol. The number of amides is 1. The summed E-state index contributed by atoms with van der Waals surface area (Å²) in [5.41, 5.74) is 8.08. The van der Waals surface area contributed by atoms with Crippen LogP contribution in [0.5, 0.6) is 0 Å². The van der Waals surface area contributed by atoms with Gasteiger partial charge < -0.3 is 10.6 Å². The van der Waals surface area contributed by atoms with Crippen LogP contribution in [-0.2, 0) is 13.5 Å². The lowest BCUT2D eigenvalue weighted by Gasteiger charge is -2.30. The van der Waals surface area contributed by atoms with Gasteiger partial charge in [-0.25, -0.2) is 0 Å². The van der Waals surface area contributed by atoms with E-state index < -0.39 is 0 Å². The van der Waals surface area contributed by atoms with E-state index in [0.29, 0.717) is 23.3 Å². The van der Waals surface area contributed by atoms with Crippen molar-refractivity contribution in [1.29, 1.82) is 0 Å². The number of nitrogens with two attached hydrogens (primary N) is 1. The number of rotatable bonds is 5. The third-order valence-electron chi connectivity index (χ3n) is 4.29. The average molecular weight is 292 g/mol. The zero-order valence-corrected chi connectivity index (χ0v) is 13.7. The van der Waals surface area contributed by atoms with Gasteiger partial charge in [0, 0.05) is 19.6 Å². The minimum atomic E-state index is 0.0443. The van der Waals surface area contributed by atoms with Gasteiger partial charge >= 0.3 is 0 Å². The van der Waals surface area contributed by atoms with Gasteiger partial charge in [-0.3, -0.25) is 9.48 Å². The molecule has 1 fully saturated rings. The van der Waals surface area contributed by atoms with E-state index in [1.165, 1.54) is 12.8 Å². The van der Waals surface area contributed by atoms with Crippen LogP contribution in [0.2, 0.25) is 0 Å². The van der Waals surface area contributed by atoms with Crippen molar-refractivity contribution >= 4 is 11.6 Å². The average Bonchev–Trinajstić information content (AvgIpc) is 3.03. The van der Waals surface area contributed by atoms with Crippen molar-refractivity contribution in [2.75, 3.05) is 12.3 Å². The zero-order valence-electron chi connectivity index (χ0n) is 13.7. The van der Waals surface area contributed by atoms with Crippen molar-refractivity contribution in [3.05, 3.63) is 11.4 Å². The molecule has 0 bridgehead atoms. The van der Waals surface area contributed by atoms with Crippen LogP contribution in [0.25, 0.3) is 0 Å². The second-order valence-electron chi connectivity index (χ2n) is 6.48. The molecule has 1 aliphatic carbocycles. The van der Waals surface area contributed by atoms with E-state index in [4.69, 9.17) is 5.73 Å². The molecule has 118 valence electrons. The van der Waals surface area contributed by atoms with E-state index in [-0.39, 0.29) is 5.91 Å². The van der Waals surface area contributed by atoms with Gasteiger partial charge in [-0.2, -0.15) is 5.10 Å². The topological polar surface area (TPSA) is 64.2 Å². The lowest BCUT2D eigenvalue weighted by atomic mass is 10.1. The van der Waals surface area contributed by atoms with Gasteiger partial charge in [-0.15, -0.1) is 0 Å². The first-order chi connectivity index (χ1) is 9.95. The molecule has 1 aliphatic rings. The molecule has 1 heterocycles. The summed E-state index contributed by atoms with van der Waals surface area (Å²) >= 11 is 0. The minimum absolute atomic E-state index is 0.0443. The Labute approximate surface area is 127 Å². The Kier molecular flexibility index (Phi) is 4.91. The SMILES string of the molecule is CCc1nn(C)c(C(=O)N(CC(C)C)C2CCCC2)c1N. The summed E-state index contributed by atoms with van der Waals surface area (Å²) < 4.78 is 1.65. The summed E-state index contributed by atoms with van der Waals surface area (Å²) in [4.78, 5) is 15.1. The first kappa shape index (κ1) is 15.9. The lowest BCUT2D eigenvalue weighted by Crippen LogP contribution is -2.42. The van der Waals surface area contributed by atoms with Crippen molar-refractivity contribution in [3.63, 3.8) is 0 Å². The molecule has 0 radical (unpaired) electrons. The van der Waals surface area contributed by atoms with Crippen LogP contribution >= 0.6 is 0 Å². The number of nitrogens with zero attached hydrogens (tertiary/aromatic N) is 3. The second-order valence-corrected chi connectivity index (χ2v) is 6.48. The maximum Gasteiger partial charge on any atom is 0.274 e. The van der Waals surface area contributed by atoms with Crippen LogP contribution in [-0.4, -0.2) is 33.2 Å². The number of hydrogen-bond acceptors (Lipinski definition) is 3. The van der Waals surface area contributed by atoms with Gasteiger partial charge in [0.2, 0.25) is 0 Å². The van der Waals surface area contributed by atoms with E-state index >= 15 is 0 Å². The molecule has 1 saturated carbocycles. The van der Waals surface area contributed by atoms with Crippen molar-refractivity contribution < 1.29 is 4.79 Å². The summed E-state index contributed by atoms with van der Waals surface area (Å²) in [7, 11) is 1.81. The first-order valence-corrected chi connectivity index (χ1v) is 8.08. The predicted octanol–water partition coefficient (Wildman–Crippen LogP) is 2.61. The molecular weight excluding hydrogens is 264 g/mol. The molecule has 0 aliphatic heterocycles. The molecule has 0 spiro atoms. The monoisotopic (exact) mass is 292 g/mol. The number of hydrogen-bond donors (Lipinski definition) is 1. The van der Waals surface area contributed by atoms with Gasteiger partial charge in [0.1, 0.15) is 5.69 Å². The fourth-order valence-electron chi connectivity index (χ4n) is 3.25. The molecule has 0 aromatic carbocycles. The molecule has 1 amide bonds. The first-order valence-electron chi connectivity index (χ1n) is 8.08. The van der Waals surface area contributed by atoms with Gasteiger partial charge in [0.05, 0.1) is 11.4 Å². The van der Waals surface area contributed by atoms with Crippen molar-refractivity contribution in [3.8, 4) is 0 Å². The van der Waals surface area contributed by atoms with Crippen LogP contribution in [0.1, 0.15) is 62.6 Å². The Hall–Kier alpha value is -1.52. The Bertz CT molecular complexity index is 501. The molecule has 1 aromatic rings. The number of aromatic nitrogens is 2. The van der Waals surface area contributed by atoms with E-state index in [9.17, 15) is 4.79 Å². The van der Waals surface area contributed by atoms with Crippen molar-refractivity contribution in [2.24, 2.45) is 13.0 Å². The molecule has 21 heavy (non-hydrogen) atoms. The molecular formula is C16H28N4O. The summed E-state index contributed by atoms with van der Waals surface area (Å²) in [6, 6.07) is 0.360. The van der Waals surface area contributed by atoms with Gasteiger partial charge in [-0.1, -0.05) is 33.6 Å². The molecule has 2 rings (SSSR count). The summed E-state index contributed by atoms with van der Waals surface area (Å²) in [5.74, 6) is 0.498. The van der Waals surface area contributed by atoms with Crippen LogP contribution in [0.4, 0.5) is 5.69 Å². The molecule has 5 heteroatoms. The normalized spacial score (nSPS) is 15.9. The van der Waals surface area contributed by atoms with Gasteiger partial charge in [-0.05, 0) is 25.2 Å². The highest BCUT2D eigenvalue weighted by molar-refractivity contribution is 5.98. The largest absolute Gasteiger partial charge is 0.395 e. The van der Waals surface area contributed by atoms with E-state index in [2.05, 4.69) is 18.9 Å². The van der Waals surface area contributed by atoms with Crippen LogP contribution in [0.15, 0.2) is 0 Å². The second kappa shape index (κ2) is 6.50. The van der Waals surface area contributed by atoms with Crippen LogP contribution in [0.3, 0.4) is 0 Å². The van der Waals surface area contributed by atoms with E-state index in [0.717, 1.165) is 31.5 Å². The lowest BCUT2D eigenvalue weighted by molar-refractivity contribution is 0.0645. The molecule has 0 unspecified atom stereocenters. The number of carbonyl (C=O) groups excluding carboxylic acids is 1.